The number of fused-ring (bicyclic) bond motifs is 2. The number of hydrogen-bond donors (Lipinski definition) is 1. The van der Waals surface area contributed by atoms with Gasteiger partial charge in [0.2, 0.25) is 6.54 Å². The van der Waals surface area contributed by atoms with Crippen LogP contribution in [0.4, 0.5) is 5.69 Å². The van der Waals surface area contributed by atoms with Crippen LogP contribution in [0.15, 0.2) is 44.0 Å². The summed E-state index contributed by atoms with van der Waals surface area (Å²) in [7, 11) is -4.29. The predicted molar refractivity (Wildman–Crippen MR) is 122 cm³/mol. The smallest absolute Gasteiger partial charge is 0.370 e. The third-order valence-electron chi connectivity index (χ3n) is 4.34. The molecule has 0 unspecified atom stereocenters. The van der Waals surface area contributed by atoms with E-state index < -0.39 is 21.8 Å². The highest BCUT2D eigenvalue weighted by Gasteiger charge is 2.29. The van der Waals surface area contributed by atoms with Gasteiger partial charge in [-0.1, -0.05) is 50.4 Å². The molecule has 158 valence electrons. The normalized spacial score (nSPS) is 15.3. The second kappa shape index (κ2) is 8.60. The van der Waals surface area contributed by atoms with E-state index in [9.17, 15) is 22.9 Å². The molecule has 0 atom stereocenters. The van der Waals surface area contributed by atoms with Crippen LogP contribution in [0.3, 0.4) is 0 Å². The van der Waals surface area contributed by atoms with E-state index in [1.165, 1.54) is 34.4 Å². The molecule has 0 saturated carbocycles. The number of thiazole rings is 1. The number of carbonyl (C=O) groups is 1. The molecule has 1 N–H and O–H groups in total. The van der Waals surface area contributed by atoms with Crippen LogP contribution in [0, 0.1) is 0 Å². The first kappa shape index (κ1) is 21.8. The van der Waals surface area contributed by atoms with Gasteiger partial charge in [-0.3, -0.25) is 0 Å². The molecule has 1 aromatic carbocycles. The maximum absolute atomic E-state index is 11.4. The lowest BCUT2D eigenvalue weighted by atomic mass is 10.3. The number of aromatic nitrogens is 1. The van der Waals surface area contributed by atoms with E-state index in [1.807, 2.05) is 40.6 Å². The Hall–Kier alpha value is -1.44. The Bertz CT molecular complexity index is 1260. The summed E-state index contributed by atoms with van der Waals surface area (Å²) in [6.45, 7) is 0.222. The quantitative estimate of drug-likeness (QED) is 0.353. The number of aliphatic carboxylic acids is 1. The van der Waals surface area contributed by atoms with Crippen molar-refractivity contribution >= 4 is 87.7 Å². The van der Waals surface area contributed by atoms with Gasteiger partial charge in [-0.15, -0.1) is 0 Å². The Labute approximate surface area is 193 Å². The number of carboxylic acid groups (broad SMARTS) is 1. The molecule has 3 heterocycles. The number of thioether (sulfide) groups is 1. The van der Waals surface area contributed by atoms with Crippen molar-refractivity contribution in [2.24, 2.45) is 0 Å². The summed E-state index contributed by atoms with van der Waals surface area (Å²) in [5.41, 5.74) is 0.923. The van der Waals surface area contributed by atoms with Gasteiger partial charge in [-0.25, -0.2) is 13.2 Å². The van der Waals surface area contributed by atoms with E-state index in [1.54, 1.807) is 4.57 Å². The van der Waals surface area contributed by atoms with E-state index in [-0.39, 0.29) is 13.0 Å². The highest BCUT2D eigenvalue weighted by molar-refractivity contribution is 9.10. The van der Waals surface area contributed by atoms with E-state index in [2.05, 4.69) is 15.9 Å². The fourth-order valence-electron chi connectivity index (χ4n) is 3.14. The topological polar surface area (TPSA) is 102 Å². The lowest BCUT2D eigenvalue weighted by Crippen LogP contribution is -2.38. The monoisotopic (exact) mass is 546 g/mol. The minimum absolute atomic E-state index is 0.142. The number of rotatable bonds is 7. The number of carboxylic acids is 1. The van der Waals surface area contributed by atoms with Gasteiger partial charge in [0.1, 0.15) is 4.70 Å². The Kier molecular flexibility index (Phi) is 6.24. The number of hydrogen-bond acceptors (Lipinski definition) is 8. The fraction of sp³-hybridized carbons (Fsp3) is 0.222. The summed E-state index contributed by atoms with van der Waals surface area (Å²) < 4.78 is 36.8. The first-order valence-corrected chi connectivity index (χ1v) is 13.6. The zero-order valence-electron chi connectivity index (χ0n) is 15.3. The van der Waals surface area contributed by atoms with Gasteiger partial charge in [0.25, 0.3) is 9.84 Å². The number of thiophene rings is 1. The van der Waals surface area contributed by atoms with Crippen LogP contribution in [0.5, 0.6) is 0 Å². The van der Waals surface area contributed by atoms with Crippen molar-refractivity contribution < 1.29 is 27.4 Å². The average molecular weight is 547 g/mol. The number of benzene rings is 1. The second-order valence-corrected chi connectivity index (χ2v) is 11.9. The molecule has 0 fully saturated rings. The van der Waals surface area contributed by atoms with Crippen molar-refractivity contribution in [2.75, 3.05) is 17.2 Å². The Morgan fingerprint density at radius 2 is 2.13 bits per heavy atom. The average Bonchev–Trinajstić information content (AvgIpc) is 3.30. The summed E-state index contributed by atoms with van der Waals surface area (Å²) in [5.74, 6) is -1.35. The lowest BCUT2D eigenvalue weighted by Gasteiger charge is -2.20. The third kappa shape index (κ3) is 4.73. The van der Waals surface area contributed by atoms with Crippen LogP contribution in [-0.4, -0.2) is 36.3 Å². The maximum atomic E-state index is 11.4. The second-order valence-electron chi connectivity index (χ2n) is 6.47. The molecule has 3 aromatic rings. The first-order chi connectivity index (χ1) is 14.2. The van der Waals surface area contributed by atoms with Crippen molar-refractivity contribution in [2.45, 2.75) is 17.9 Å². The molecule has 2 aromatic heterocycles. The summed E-state index contributed by atoms with van der Waals surface area (Å²) in [6.07, 6.45) is 2.13. The minimum Gasteiger partial charge on any atom is -0.748 e. The molecule has 1 aliphatic heterocycles. The zero-order valence-corrected chi connectivity index (χ0v) is 20.1. The fourth-order valence-corrected chi connectivity index (χ4v) is 7.37. The Morgan fingerprint density at radius 3 is 2.87 bits per heavy atom. The Balaban J connectivity index is 1.73. The van der Waals surface area contributed by atoms with Crippen molar-refractivity contribution in [1.82, 2.24) is 0 Å². The number of halogens is 1. The highest BCUT2D eigenvalue weighted by atomic mass is 79.9. The Morgan fingerprint density at radius 1 is 1.33 bits per heavy atom. The van der Waals surface area contributed by atoms with E-state index in [0.29, 0.717) is 6.54 Å². The largest absolute Gasteiger partial charge is 0.748 e. The standard InChI is InChI=1S/C18H15BrN2O5S4/c19-11-2-3-13-12(8-11)20(5-1-7-30(24,25)26)15(28-13)9-16-21(10-17(22)23)18-14(29-16)4-6-27-18/h2-4,6,8-9H,1,5,7,10H2,(H-,22,23,24,25,26). The van der Waals surface area contributed by atoms with Gasteiger partial charge in [0.05, 0.1) is 26.9 Å². The van der Waals surface area contributed by atoms with Gasteiger partial charge in [-0.05, 0) is 36.1 Å². The van der Waals surface area contributed by atoms with Crippen molar-refractivity contribution in [3.63, 3.8) is 0 Å². The van der Waals surface area contributed by atoms with Crippen LogP contribution >= 0.6 is 50.4 Å². The van der Waals surface area contributed by atoms with Crippen LogP contribution in [-0.2, 0) is 21.5 Å². The molecule has 0 radical (unpaired) electrons. The molecule has 7 nitrogen and oxygen atoms in total. The minimum atomic E-state index is -4.29. The molecule has 4 rings (SSSR count). The number of nitrogens with zero attached hydrogens (tertiary/aromatic N) is 2. The molecule has 0 aliphatic carbocycles. The summed E-state index contributed by atoms with van der Waals surface area (Å²) >= 11 is 8.01. The highest BCUT2D eigenvalue weighted by Crippen LogP contribution is 2.48. The molecule has 0 bridgehead atoms. The van der Waals surface area contributed by atoms with Crippen molar-refractivity contribution in [1.29, 1.82) is 0 Å². The van der Waals surface area contributed by atoms with Crippen LogP contribution in [0.1, 0.15) is 11.4 Å². The molecule has 1 aliphatic rings. The first-order valence-electron chi connectivity index (χ1n) is 8.73. The third-order valence-corrected chi connectivity index (χ3v) is 8.90. The van der Waals surface area contributed by atoms with Crippen LogP contribution in [0.2, 0.25) is 0 Å². The molecule has 0 amide bonds. The van der Waals surface area contributed by atoms with Crippen LogP contribution < -0.4 is 9.47 Å². The van der Waals surface area contributed by atoms with Crippen molar-refractivity contribution in [3.8, 4) is 0 Å². The van der Waals surface area contributed by atoms with Crippen LogP contribution in [0.25, 0.3) is 15.6 Å². The zero-order chi connectivity index (χ0) is 21.5. The molecular formula is C18H15BrN2O5S4. The maximum Gasteiger partial charge on any atom is 0.370 e. The summed E-state index contributed by atoms with van der Waals surface area (Å²) in [5, 5.41) is 12.9. The molecule has 0 saturated heterocycles. The van der Waals surface area contributed by atoms with Gasteiger partial charge in [0, 0.05) is 21.7 Å². The van der Waals surface area contributed by atoms with E-state index >= 15 is 0 Å². The summed E-state index contributed by atoms with van der Waals surface area (Å²) in [4.78, 5) is 15.3. The molecule has 0 spiro atoms. The molecular weight excluding hydrogens is 532 g/mol. The number of anilines is 1. The van der Waals surface area contributed by atoms with Gasteiger partial charge in [-0.2, -0.15) is 4.57 Å². The SMILES string of the molecule is O=C(O)C[n+]1c(C=C2Sc3ccc(Br)cc3N2CCCS(=O)(=O)[O-])sc2ccsc21. The predicted octanol–water partition coefficient (Wildman–Crippen LogP) is 3.94. The van der Waals surface area contributed by atoms with Gasteiger partial charge in [0.15, 0.2) is 0 Å². The summed E-state index contributed by atoms with van der Waals surface area (Å²) in [6, 6.07) is 7.82. The van der Waals surface area contributed by atoms with E-state index in [0.717, 1.165) is 34.6 Å². The van der Waals surface area contributed by atoms with Gasteiger partial charge >= 0.3 is 5.97 Å². The molecule has 30 heavy (non-hydrogen) atoms. The van der Waals surface area contributed by atoms with Crippen molar-refractivity contribution in [3.05, 3.63) is 44.2 Å². The molecule has 12 heteroatoms. The van der Waals surface area contributed by atoms with Gasteiger partial charge < -0.3 is 14.6 Å². The lowest BCUT2D eigenvalue weighted by molar-refractivity contribution is -0.655. The van der Waals surface area contributed by atoms with E-state index in [4.69, 9.17) is 0 Å².